The SMILES string of the molecule is N#Cc1ccc(NCc2ccccc2O)cc1Cl. The highest BCUT2D eigenvalue weighted by molar-refractivity contribution is 6.32. The Labute approximate surface area is 110 Å². The van der Waals surface area contributed by atoms with Gasteiger partial charge < -0.3 is 10.4 Å². The van der Waals surface area contributed by atoms with Crippen LogP contribution in [0.3, 0.4) is 0 Å². The Kier molecular flexibility index (Phi) is 3.71. The van der Waals surface area contributed by atoms with Crippen LogP contribution in [0.2, 0.25) is 5.02 Å². The van der Waals surface area contributed by atoms with Crippen molar-refractivity contribution in [1.29, 1.82) is 5.26 Å². The fourth-order valence-electron chi connectivity index (χ4n) is 1.57. The fourth-order valence-corrected chi connectivity index (χ4v) is 1.80. The molecule has 4 heteroatoms. The highest BCUT2D eigenvalue weighted by atomic mass is 35.5. The number of nitrogens with zero attached hydrogens (tertiary/aromatic N) is 1. The predicted molar refractivity (Wildman–Crippen MR) is 71.6 cm³/mol. The van der Waals surface area contributed by atoms with Crippen LogP contribution in [0, 0.1) is 11.3 Å². The van der Waals surface area contributed by atoms with Gasteiger partial charge in [0.25, 0.3) is 0 Å². The Morgan fingerprint density at radius 2 is 2.00 bits per heavy atom. The zero-order valence-corrected chi connectivity index (χ0v) is 10.3. The maximum absolute atomic E-state index is 9.62. The second kappa shape index (κ2) is 5.44. The lowest BCUT2D eigenvalue weighted by atomic mass is 10.2. The van der Waals surface area contributed by atoms with E-state index in [1.807, 2.05) is 18.2 Å². The molecule has 0 aliphatic rings. The molecule has 2 aromatic carbocycles. The highest BCUT2D eigenvalue weighted by Crippen LogP contribution is 2.22. The molecule has 2 aromatic rings. The summed E-state index contributed by atoms with van der Waals surface area (Å²) in [4.78, 5) is 0. The fraction of sp³-hybridized carbons (Fsp3) is 0.0714. The Bertz CT molecular complexity index is 605. The van der Waals surface area contributed by atoms with E-state index in [0.717, 1.165) is 11.3 Å². The van der Waals surface area contributed by atoms with Gasteiger partial charge in [0.2, 0.25) is 0 Å². The van der Waals surface area contributed by atoms with Crippen molar-refractivity contribution in [2.45, 2.75) is 6.54 Å². The number of benzene rings is 2. The second-order valence-electron chi connectivity index (χ2n) is 3.79. The van der Waals surface area contributed by atoms with Crippen LogP contribution in [0.25, 0.3) is 0 Å². The lowest BCUT2D eigenvalue weighted by Gasteiger charge is -2.08. The van der Waals surface area contributed by atoms with Gasteiger partial charge in [-0.05, 0) is 24.3 Å². The smallest absolute Gasteiger partial charge is 0.120 e. The van der Waals surface area contributed by atoms with Crippen LogP contribution < -0.4 is 5.32 Å². The number of phenolic OH excluding ortho intramolecular Hbond substituents is 1. The summed E-state index contributed by atoms with van der Waals surface area (Å²) in [7, 11) is 0. The summed E-state index contributed by atoms with van der Waals surface area (Å²) in [5, 5.41) is 21.9. The van der Waals surface area contributed by atoms with Gasteiger partial charge in [-0.3, -0.25) is 0 Å². The zero-order valence-electron chi connectivity index (χ0n) is 9.52. The van der Waals surface area contributed by atoms with E-state index in [4.69, 9.17) is 16.9 Å². The quantitative estimate of drug-likeness (QED) is 0.886. The van der Waals surface area contributed by atoms with Crippen molar-refractivity contribution >= 4 is 17.3 Å². The number of anilines is 1. The molecule has 0 aliphatic heterocycles. The highest BCUT2D eigenvalue weighted by Gasteiger charge is 2.02. The summed E-state index contributed by atoms with van der Waals surface area (Å²) in [6.07, 6.45) is 0. The van der Waals surface area contributed by atoms with Crippen molar-refractivity contribution in [1.82, 2.24) is 0 Å². The van der Waals surface area contributed by atoms with Crippen molar-refractivity contribution in [2.24, 2.45) is 0 Å². The van der Waals surface area contributed by atoms with Crippen molar-refractivity contribution < 1.29 is 5.11 Å². The van der Waals surface area contributed by atoms with Crippen LogP contribution in [-0.4, -0.2) is 5.11 Å². The Hall–Kier alpha value is -2.18. The molecule has 2 rings (SSSR count). The largest absolute Gasteiger partial charge is 0.508 e. The summed E-state index contributed by atoms with van der Waals surface area (Å²) in [6.45, 7) is 0.495. The van der Waals surface area contributed by atoms with Gasteiger partial charge in [-0.25, -0.2) is 0 Å². The first-order valence-electron chi connectivity index (χ1n) is 5.41. The van der Waals surface area contributed by atoms with Crippen molar-refractivity contribution in [3.05, 3.63) is 58.6 Å². The summed E-state index contributed by atoms with van der Waals surface area (Å²) >= 11 is 5.93. The van der Waals surface area contributed by atoms with E-state index in [1.54, 1.807) is 30.3 Å². The maximum atomic E-state index is 9.62. The molecule has 0 atom stereocenters. The molecule has 2 N–H and O–H groups in total. The molecule has 18 heavy (non-hydrogen) atoms. The Balaban J connectivity index is 2.10. The van der Waals surface area contributed by atoms with E-state index in [1.165, 1.54) is 0 Å². The monoisotopic (exact) mass is 258 g/mol. The Morgan fingerprint density at radius 3 is 2.67 bits per heavy atom. The first-order chi connectivity index (χ1) is 8.70. The zero-order chi connectivity index (χ0) is 13.0. The molecule has 0 spiro atoms. The molecule has 0 bridgehead atoms. The summed E-state index contributed by atoms with van der Waals surface area (Å²) in [5.74, 6) is 0.254. The molecule has 0 amide bonds. The summed E-state index contributed by atoms with van der Waals surface area (Å²) in [6, 6.07) is 14.3. The van der Waals surface area contributed by atoms with E-state index < -0.39 is 0 Å². The molecule has 0 fully saturated rings. The van der Waals surface area contributed by atoms with Crippen molar-refractivity contribution in [3.63, 3.8) is 0 Å². The third-order valence-corrected chi connectivity index (χ3v) is 2.88. The Morgan fingerprint density at radius 1 is 1.22 bits per heavy atom. The van der Waals surface area contributed by atoms with Crippen LogP contribution in [-0.2, 0) is 6.54 Å². The number of phenols is 1. The standard InChI is InChI=1S/C14H11ClN2O/c15-13-7-12(6-5-10(13)8-16)17-9-11-3-1-2-4-14(11)18/h1-7,17-18H,9H2. The van der Waals surface area contributed by atoms with Crippen LogP contribution in [0.15, 0.2) is 42.5 Å². The van der Waals surface area contributed by atoms with E-state index in [0.29, 0.717) is 17.1 Å². The molecule has 0 heterocycles. The predicted octanol–water partition coefficient (Wildman–Crippen LogP) is 3.53. The second-order valence-corrected chi connectivity index (χ2v) is 4.20. The van der Waals surface area contributed by atoms with Gasteiger partial charge in [0.1, 0.15) is 11.8 Å². The number of nitrogens with one attached hydrogen (secondary N) is 1. The van der Waals surface area contributed by atoms with E-state index in [2.05, 4.69) is 5.32 Å². The molecular formula is C14H11ClN2O. The molecule has 90 valence electrons. The third-order valence-electron chi connectivity index (χ3n) is 2.56. The van der Waals surface area contributed by atoms with Gasteiger partial charge in [-0.2, -0.15) is 5.26 Å². The average Bonchev–Trinajstić information content (AvgIpc) is 2.38. The number of aromatic hydroxyl groups is 1. The van der Waals surface area contributed by atoms with E-state index in [9.17, 15) is 5.11 Å². The minimum atomic E-state index is 0.254. The van der Waals surface area contributed by atoms with Crippen LogP contribution in [0.4, 0.5) is 5.69 Å². The van der Waals surface area contributed by atoms with Crippen LogP contribution in [0.5, 0.6) is 5.75 Å². The molecule has 0 saturated heterocycles. The summed E-state index contributed by atoms with van der Waals surface area (Å²) in [5.41, 5.74) is 2.06. The van der Waals surface area contributed by atoms with Gasteiger partial charge in [0, 0.05) is 17.8 Å². The van der Waals surface area contributed by atoms with Crippen molar-refractivity contribution in [3.8, 4) is 11.8 Å². The number of hydrogen-bond donors (Lipinski definition) is 2. The van der Waals surface area contributed by atoms with Crippen LogP contribution >= 0.6 is 11.6 Å². The molecular weight excluding hydrogens is 248 g/mol. The third kappa shape index (κ3) is 2.73. The van der Waals surface area contributed by atoms with Gasteiger partial charge in [0.05, 0.1) is 10.6 Å². The van der Waals surface area contributed by atoms with Gasteiger partial charge in [-0.1, -0.05) is 29.8 Å². The van der Waals surface area contributed by atoms with E-state index in [-0.39, 0.29) is 5.75 Å². The molecule has 0 saturated carbocycles. The van der Waals surface area contributed by atoms with E-state index >= 15 is 0 Å². The molecule has 0 unspecified atom stereocenters. The number of rotatable bonds is 3. The number of nitriles is 1. The molecule has 0 aromatic heterocycles. The first kappa shape index (κ1) is 12.3. The van der Waals surface area contributed by atoms with Gasteiger partial charge in [-0.15, -0.1) is 0 Å². The number of hydrogen-bond acceptors (Lipinski definition) is 3. The molecule has 0 radical (unpaired) electrons. The lowest BCUT2D eigenvalue weighted by molar-refractivity contribution is 0.469. The minimum Gasteiger partial charge on any atom is -0.508 e. The van der Waals surface area contributed by atoms with Crippen LogP contribution in [0.1, 0.15) is 11.1 Å². The normalized spacial score (nSPS) is 9.78. The number of halogens is 1. The molecule has 3 nitrogen and oxygen atoms in total. The van der Waals surface area contributed by atoms with Gasteiger partial charge in [0.15, 0.2) is 0 Å². The first-order valence-corrected chi connectivity index (χ1v) is 5.79. The lowest BCUT2D eigenvalue weighted by Crippen LogP contribution is -1.99. The van der Waals surface area contributed by atoms with Crippen molar-refractivity contribution in [2.75, 3.05) is 5.32 Å². The molecule has 0 aliphatic carbocycles. The van der Waals surface area contributed by atoms with Gasteiger partial charge >= 0.3 is 0 Å². The minimum absolute atomic E-state index is 0.254. The maximum Gasteiger partial charge on any atom is 0.120 e. The average molecular weight is 259 g/mol. The topological polar surface area (TPSA) is 56.0 Å². The number of para-hydroxylation sites is 1. The summed E-state index contributed by atoms with van der Waals surface area (Å²) < 4.78 is 0.